The number of nitrogens with one attached hydrogen (secondary N) is 1. The molecule has 5 heteroatoms. The zero-order chi connectivity index (χ0) is 12.3. The fraction of sp³-hybridized carbons (Fsp3) is 0.923. The smallest absolute Gasteiger partial charge is 0.307 e. The molecule has 0 saturated carbocycles. The van der Waals surface area contributed by atoms with Crippen molar-refractivity contribution in [2.75, 3.05) is 19.6 Å². The number of ether oxygens (including phenoxy) is 1. The van der Waals surface area contributed by atoms with Gasteiger partial charge in [0, 0.05) is 19.0 Å². The first-order valence-electron chi connectivity index (χ1n) is 6.88. The van der Waals surface area contributed by atoms with Crippen LogP contribution in [0.2, 0.25) is 0 Å². The summed E-state index contributed by atoms with van der Waals surface area (Å²) in [4.78, 5) is 13.8. The Labute approximate surface area is 116 Å². The first kappa shape index (κ1) is 15.7. The summed E-state index contributed by atoms with van der Waals surface area (Å²) in [7, 11) is 0. The maximum Gasteiger partial charge on any atom is 0.307 e. The maximum atomic E-state index is 11.4. The number of rotatable bonds is 3. The molecule has 18 heavy (non-hydrogen) atoms. The Morgan fingerprint density at radius 2 is 2.22 bits per heavy atom. The van der Waals surface area contributed by atoms with E-state index < -0.39 is 0 Å². The van der Waals surface area contributed by atoms with Crippen LogP contribution >= 0.6 is 12.4 Å². The lowest BCUT2D eigenvalue weighted by molar-refractivity contribution is -0.159. The Morgan fingerprint density at radius 3 is 2.89 bits per heavy atom. The monoisotopic (exact) mass is 276 g/mol. The number of carbonyl (C=O) groups is 1. The van der Waals surface area contributed by atoms with Crippen molar-refractivity contribution in [3.63, 3.8) is 0 Å². The van der Waals surface area contributed by atoms with Crippen LogP contribution in [-0.2, 0) is 9.53 Å². The van der Waals surface area contributed by atoms with Crippen molar-refractivity contribution < 1.29 is 9.53 Å². The predicted octanol–water partition coefficient (Wildman–Crippen LogP) is 1.78. The fourth-order valence-electron chi connectivity index (χ4n) is 2.99. The number of carbonyl (C=O) groups excluding carboxylic acids is 1. The van der Waals surface area contributed by atoms with E-state index in [1.807, 2.05) is 6.92 Å². The van der Waals surface area contributed by atoms with Crippen LogP contribution in [0.25, 0.3) is 0 Å². The van der Waals surface area contributed by atoms with E-state index in [1.165, 1.54) is 6.42 Å². The highest BCUT2D eigenvalue weighted by Gasteiger charge is 2.36. The number of piperidine rings is 1. The Balaban J connectivity index is 0.00000162. The Bertz CT molecular complexity index is 276. The zero-order valence-electron chi connectivity index (χ0n) is 11.4. The van der Waals surface area contributed by atoms with E-state index in [9.17, 15) is 4.79 Å². The van der Waals surface area contributed by atoms with Gasteiger partial charge in [0.1, 0.15) is 0 Å². The van der Waals surface area contributed by atoms with Crippen molar-refractivity contribution in [3.8, 4) is 0 Å². The van der Waals surface area contributed by atoms with E-state index in [1.54, 1.807) is 0 Å². The molecule has 0 spiro atoms. The summed E-state index contributed by atoms with van der Waals surface area (Å²) in [5, 5.41) is 3.42. The first-order chi connectivity index (χ1) is 8.22. The minimum Gasteiger partial charge on any atom is -0.446 e. The molecule has 2 heterocycles. The number of likely N-dealkylation sites (tertiary alicyclic amines) is 1. The average molecular weight is 277 g/mol. The average Bonchev–Trinajstić information content (AvgIpc) is 2.77. The summed E-state index contributed by atoms with van der Waals surface area (Å²) < 4.78 is 5.54. The molecule has 1 N–H and O–H groups in total. The van der Waals surface area contributed by atoms with Gasteiger partial charge in [0.15, 0.2) is 6.23 Å². The number of hydrogen-bond donors (Lipinski definition) is 1. The van der Waals surface area contributed by atoms with Crippen molar-refractivity contribution in [2.24, 2.45) is 5.92 Å². The molecule has 0 aromatic rings. The second kappa shape index (κ2) is 7.31. The molecule has 0 bridgehead atoms. The first-order valence-corrected chi connectivity index (χ1v) is 6.88. The minimum atomic E-state index is -0.0662. The fourth-order valence-corrected chi connectivity index (χ4v) is 2.99. The highest BCUT2D eigenvalue weighted by molar-refractivity contribution is 5.85. The minimum absolute atomic E-state index is 0. The van der Waals surface area contributed by atoms with E-state index in [2.05, 4.69) is 17.1 Å². The van der Waals surface area contributed by atoms with Gasteiger partial charge in [0.25, 0.3) is 0 Å². The third-order valence-electron chi connectivity index (χ3n) is 3.96. The van der Waals surface area contributed by atoms with Crippen LogP contribution in [0, 0.1) is 5.92 Å². The molecule has 2 aliphatic rings. The Morgan fingerprint density at radius 1 is 1.44 bits per heavy atom. The van der Waals surface area contributed by atoms with Crippen LogP contribution < -0.4 is 5.32 Å². The highest BCUT2D eigenvalue weighted by Crippen LogP contribution is 2.27. The van der Waals surface area contributed by atoms with Crippen molar-refractivity contribution in [1.82, 2.24) is 10.2 Å². The lowest BCUT2D eigenvalue weighted by Crippen LogP contribution is -2.51. The van der Waals surface area contributed by atoms with Gasteiger partial charge in [0.2, 0.25) is 0 Å². The van der Waals surface area contributed by atoms with Crippen LogP contribution in [-0.4, -0.2) is 42.8 Å². The van der Waals surface area contributed by atoms with Gasteiger partial charge in [-0.1, -0.05) is 13.8 Å². The van der Waals surface area contributed by atoms with Gasteiger partial charge in [-0.25, -0.2) is 0 Å². The third kappa shape index (κ3) is 3.59. The Hall–Kier alpha value is -0.320. The molecule has 2 fully saturated rings. The zero-order valence-corrected chi connectivity index (χ0v) is 12.2. The summed E-state index contributed by atoms with van der Waals surface area (Å²) in [6.45, 7) is 7.38. The number of hydrogen-bond acceptors (Lipinski definition) is 4. The van der Waals surface area contributed by atoms with Crippen LogP contribution in [0.4, 0.5) is 0 Å². The number of esters is 1. The molecule has 0 amide bonds. The summed E-state index contributed by atoms with van der Waals surface area (Å²) in [6.07, 6.45) is 3.83. The molecule has 106 valence electrons. The molecular formula is C13H25ClN2O2. The predicted molar refractivity (Wildman–Crippen MR) is 73.8 cm³/mol. The molecular weight excluding hydrogens is 252 g/mol. The van der Waals surface area contributed by atoms with E-state index in [0.29, 0.717) is 18.4 Å². The van der Waals surface area contributed by atoms with Crippen molar-refractivity contribution in [2.45, 2.75) is 51.8 Å². The van der Waals surface area contributed by atoms with Crippen LogP contribution in [0.1, 0.15) is 39.5 Å². The molecule has 0 aromatic carbocycles. The van der Waals surface area contributed by atoms with Crippen molar-refractivity contribution in [3.05, 3.63) is 0 Å². The highest BCUT2D eigenvalue weighted by atomic mass is 35.5. The van der Waals surface area contributed by atoms with Crippen LogP contribution in [0.5, 0.6) is 0 Å². The molecule has 2 aliphatic heterocycles. The van der Waals surface area contributed by atoms with Gasteiger partial charge in [-0.15, -0.1) is 12.4 Å². The molecule has 3 atom stereocenters. The molecule has 2 rings (SSSR count). The van der Waals surface area contributed by atoms with Crippen molar-refractivity contribution in [1.29, 1.82) is 0 Å². The lowest BCUT2D eigenvalue weighted by atomic mass is 9.94. The number of nitrogens with zero attached hydrogens (tertiary/aromatic N) is 1. The van der Waals surface area contributed by atoms with Gasteiger partial charge in [-0.3, -0.25) is 9.69 Å². The van der Waals surface area contributed by atoms with E-state index in [4.69, 9.17) is 4.74 Å². The van der Waals surface area contributed by atoms with Crippen LogP contribution in [0.15, 0.2) is 0 Å². The second-order valence-electron chi connectivity index (χ2n) is 5.22. The summed E-state index contributed by atoms with van der Waals surface area (Å²) in [5.41, 5.74) is 0. The molecule has 0 unspecified atom stereocenters. The van der Waals surface area contributed by atoms with Crippen molar-refractivity contribution >= 4 is 18.4 Å². The van der Waals surface area contributed by atoms with Gasteiger partial charge in [0.05, 0.1) is 0 Å². The molecule has 0 aromatic heterocycles. The number of halogens is 1. The summed E-state index contributed by atoms with van der Waals surface area (Å²) >= 11 is 0. The summed E-state index contributed by atoms with van der Waals surface area (Å²) in [5.74, 6) is 0.577. The van der Waals surface area contributed by atoms with Gasteiger partial charge < -0.3 is 10.1 Å². The topological polar surface area (TPSA) is 41.6 Å². The SMILES string of the molecule is CCC(=O)O[C@H]1CCCN1[C@H]1CCNC[C@@H]1C.Cl. The molecule has 4 nitrogen and oxygen atoms in total. The normalized spacial score (nSPS) is 32.9. The van der Waals surface area contributed by atoms with Gasteiger partial charge in [-0.05, 0) is 38.3 Å². The Kier molecular flexibility index (Phi) is 6.39. The molecule has 0 aliphatic carbocycles. The van der Waals surface area contributed by atoms with E-state index in [0.717, 1.165) is 32.5 Å². The van der Waals surface area contributed by atoms with E-state index in [-0.39, 0.29) is 24.6 Å². The van der Waals surface area contributed by atoms with Crippen LogP contribution in [0.3, 0.4) is 0 Å². The standard InChI is InChI=1S/C13H24N2O2.ClH/c1-3-13(16)17-12-5-4-8-15(12)11-6-7-14-9-10(11)2;/h10-12,14H,3-9H2,1-2H3;1H/t10-,11-,12-;/m0./s1. The third-order valence-corrected chi connectivity index (χ3v) is 3.96. The quantitative estimate of drug-likeness (QED) is 0.798. The maximum absolute atomic E-state index is 11.4. The molecule has 2 saturated heterocycles. The van der Waals surface area contributed by atoms with Gasteiger partial charge in [-0.2, -0.15) is 0 Å². The largest absolute Gasteiger partial charge is 0.446 e. The summed E-state index contributed by atoms with van der Waals surface area (Å²) in [6, 6.07) is 0.577. The van der Waals surface area contributed by atoms with Gasteiger partial charge >= 0.3 is 5.97 Å². The lowest BCUT2D eigenvalue weighted by Gasteiger charge is -2.39. The second-order valence-corrected chi connectivity index (χ2v) is 5.22. The van der Waals surface area contributed by atoms with E-state index >= 15 is 0 Å². The molecule has 0 radical (unpaired) electrons.